The van der Waals surface area contributed by atoms with Crippen molar-refractivity contribution >= 4 is 17.7 Å². The van der Waals surface area contributed by atoms with Crippen LogP contribution in [0.1, 0.15) is 37.4 Å². The van der Waals surface area contributed by atoms with Crippen LogP contribution in [-0.4, -0.2) is 24.4 Å². The molecule has 0 saturated carbocycles. The van der Waals surface area contributed by atoms with E-state index in [2.05, 4.69) is 5.32 Å². The number of thioether (sulfide) groups is 1. The third kappa shape index (κ3) is 5.16. The predicted molar refractivity (Wildman–Crippen MR) is 106 cm³/mol. The Morgan fingerprint density at radius 2 is 2.04 bits per heavy atom. The minimum atomic E-state index is -0.376. The third-order valence-corrected chi connectivity index (χ3v) is 5.43. The molecule has 27 heavy (non-hydrogen) atoms. The number of hydrogen-bond donors (Lipinski definition) is 1. The van der Waals surface area contributed by atoms with E-state index in [1.807, 2.05) is 32.0 Å². The van der Waals surface area contributed by atoms with Crippen molar-refractivity contribution in [1.82, 2.24) is 5.32 Å². The Hall–Kier alpha value is -2.21. The zero-order valence-electron chi connectivity index (χ0n) is 15.8. The molecule has 1 atom stereocenters. The molecule has 2 aromatic rings. The normalized spacial score (nSPS) is 17.6. The fourth-order valence-electron chi connectivity index (χ4n) is 3.17. The van der Waals surface area contributed by atoms with Crippen molar-refractivity contribution in [3.63, 3.8) is 0 Å². The Balaban J connectivity index is 1.60. The van der Waals surface area contributed by atoms with Crippen LogP contribution in [0.5, 0.6) is 11.5 Å². The number of rotatable bonds is 6. The fraction of sp³-hybridized carbons (Fsp3) is 0.381. The van der Waals surface area contributed by atoms with Gasteiger partial charge in [0.1, 0.15) is 22.9 Å². The standard InChI is InChI=1S/C21H24FNO3S/c1-21(2)11-18(17-9-8-16(25-3)10-19(17)26-21)23-20(24)13-27-12-14-4-6-15(22)7-5-14/h4-10,18H,11-13H2,1-3H3,(H,23,24)/t18-/m1/s1. The average Bonchev–Trinajstić information content (AvgIpc) is 2.62. The summed E-state index contributed by atoms with van der Waals surface area (Å²) in [6, 6.07) is 11.9. The second-order valence-corrected chi connectivity index (χ2v) is 8.19. The zero-order chi connectivity index (χ0) is 19.4. The van der Waals surface area contributed by atoms with Crippen molar-refractivity contribution in [3.05, 3.63) is 59.4 Å². The van der Waals surface area contributed by atoms with Crippen molar-refractivity contribution in [2.24, 2.45) is 0 Å². The second-order valence-electron chi connectivity index (χ2n) is 7.21. The molecule has 3 rings (SSSR count). The van der Waals surface area contributed by atoms with Gasteiger partial charge in [0.2, 0.25) is 5.91 Å². The van der Waals surface area contributed by atoms with Gasteiger partial charge in [0, 0.05) is 23.8 Å². The van der Waals surface area contributed by atoms with Crippen LogP contribution in [0, 0.1) is 5.82 Å². The second kappa shape index (κ2) is 8.21. The van der Waals surface area contributed by atoms with Gasteiger partial charge in [-0.25, -0.2) is 4.39 Å². The first kappa shape index (κ1) is 19.5. The summed E-state index contributed by atoms with van der Waals surface area (Å²) in [5.41, 5.74) is 1.59. The molecule has 4 nitrogen and oxygen atoms in total. The Morgan fingerprint density at radius 1 is 1.30 bits per heavy atom. The third-order valence-electron chi connectivity index (χ3n) is 4.43. The molecule has 1 N–H and O–H groups in total. The van der Waals surface area contributed by atoms with E-state index in [4.69, 9.17) is 9.47 Å². The molecule has 1 heterocycles. The number of fused-ring (bicyclic) bond motifs is 1. The van der Waals surface area contributed by atoms with E-state index in [1.54, 1.807) is 19.2 Å². The smallest absolute Gasteiger partial charge is 0.230 e. The molecule has 2 aromatic carbocycles. The van der Waals surface area contributed by atoms with Gasteiger partial charge in [-0.3, -0.25) is 4.79 Å². The highest BCUT2D eigenvalue weighted by Gasteiger charge is 2.34. The van der Waals surface area contributed by atoms with E-state index in [0.29, 0.717) is 17.9 Å². The number of carbonyl (C=O) groups is 1. The quantitative estimate of drug-likeness (QED) is 0.791. The SMILES string of the molecule is COc1ccc2c(c1)OC(C)(C)C[C@H]2NC(=O)CSCc1ccc(F)cc1. The van der Waals surface area contributed by atoms with E-state index < -0.39 is 0 Å². The van der Waals surface area contributed by atoms with Crippen molar-refractivity contribution in [1.29, 1.82) is 0 Å². The summed E-state index contributed by atoms with van der Waals surface area (Å²) >= 11 is 1.51. The lowest BCUT2D eigenvalue weighted by atomic mass is 9.89. The van der Waals surface area contributed by atoms with Gasteiger partial charge in [-0.1, -0.05) is 12.1 Å². The molecule has 0 spiro atoms. The van der Waals surface area contributed by atoms with Crippen LogP contribution in [0.15, 0.2) is 42.5 Å². The predicted octanol–water partition coefficient (Wildman–Crippen LogP) is 4.49. The summed E-state index contributed by atoms with van der Waals surface area (Å²) in [6.07, 6.45) is 0.695. The Morgan fingerprint density at radius 3 is 2.74 bits per heavy atom. The van der Waals surface area contributed by atoms with Crippen molar-refractivity contribution in [3.8, 4) is 11.5 Å². The van der Waals surface area contributed by atoms with Crippen LogP contribution in [0.25, 0.3) is 0 Å². The topological polar surface area (TPSA) is 47.6 Å². The van der Waals surface area contributed by atoms with Gasteiger partial charge in [-0.15, -0.1) is 11.8 Å². The van der Waals surface area contributed by atoms with Crippen LogP contribution in [0.3, 0.4) is 0 Å². The number of methoxy groups -OCH3 is 1. The molecule has 0 fully saturated rings. The van der Waals surface area contributed by atoms with Crippen LogP contribution in [0.4, 0.5) is 4.39 Å². The number of halogens is 1. The highest BCUT2D eigenvalue weighted by molar-refractivity contribution is 7.99. The first-order valence-corrected chi connectivity index (χ1v) is 10.0. The maximum atomic E-state index is 12.9. The van der Waals surface area contributed by atoms with Gasteiger partial charge in [0.25, 0.3) is 0 Å². The number of amides is 1. The van der Waals surface area contributed by atoms with Gasteiger partial charge < -0.3 is 14.8 Å². The monoisotopic (exact) mass is 389 g/mol. The van der Waals surface area contributed by atoms with Crippen LogP contribution in [-0.2, 0) is 10.5 Å². The van der Waals surface area contributed by atoms with Crippen molar-refractivity contribution in [2.75, 3.05) is 12.9 Å². The lowest BCUT2D eigenvalue weighted by Gasteiger charge is -2.38. The number of carbonyl (C=O) groups excluding carboxylic acids is 1. The highest BCUT2D eigenvalue weighted by atomic mass is 32.2. The molecule has 0 saturated heterocycles. The Labute approximate surface area is 163 Å². The molecule has 6 heteroatoms. The molecule has 0 unspecified atom stereocenters. The van der Waals surface area contributed by atoms with Crippen molar-refractivity contribution < 1.29 is 18.7 Å². The van der Waals surface area contributed by atoms with E-state index in [1.165, 1.54) is 23.9 Å². The minimum Gasteiger partial charge on any atom is -0.497 e. The summed E-state index contributed by atoms with van der Waals surface area (Å²) in [6.45, 7) is 4.02. The van der Waals surface area contributed by atoms with Gasteiger partial charge in [0.15, 0.2) is 0 Å². The summed E-state index contributed by atoms with van der Waals surface area (Å²) in [4.78, 5) is 12.4. The van der Waals surface area contributed by atoms with Gasteiger partial charge in [-0.05, 0) is 43.7 Å². The van der Waals surface area contributed by atoms with Crippen molar-refractivity contribution in [2.45, 2.75) is 37.7 Å². The lowest BCUT2D eigenvalue weighted by molar-refractivity contribution is -0.119. The molecule has 1 aliphatic rings. The van der Waals surface area contributed by atoms with Crippen LogP contribution in [0.2, 0.25) is 0 Å². The number of ether oxygens (including phenoxy) is 2. The molecule has 0 radical (unpaired) electrons. The lowest BCUT2D eigenvalue weighted by Crippen LogP contribution is -2.41. The van der Waals surface area contributed by atoms with Gasteiger partial charge in [-0.2, -0.15) is 0 Å². The first-order valence-electron chi connectivity index (χ1n) is 8.85. The molecule has 0 aliphatic carbocycles. The van der Waals surface area contributed by atoms with Gasteiger partial charge in [0.05, 0.1) is 18.9 Å². The highest BCUT2D eigenvalue weighted by Crippen LogP contribution is 2.41. The Kier molecular flexibility index (Phi) is 5.95. The molecule has 1 aliphatic heterocycles. The zero-order valence-corrected chi connectivity index (χ0v) is 16.6. The summed E-state index contributed by atoms with van der Waals surface area (Å²) < 4.78 is 24.3. The molecular formula is C21H24FNO3S. The number of hydrogen-bond acceptors (Lipinski definition) is 4. The molecule has 1 amide bonds. The minimum absolute atomic E-state index is 0.0217. The molecule has 0 aromatic heterocycles. The van der Waals surface area contributed by atoms with E-state index in [0.717, 1.165) is 22.6 Å². The van der Waals surface area contributed by atoms with E-state index in [-0.39, 0.29) is 23.4 Å². The largest absolute Gasteiger partial charge is 0.497 e. The van der Waals surface area contributed by atoms with Gasteiger partial charge >= 0.3 is 0 Å². The summed E-state index contributed by atoms with van der Waals surface area (Å²) in [5, 5.41) is 3.12. The summed E-state index contributed by atoms with van der Waals surface area (Å²) in [5.74, 6) is 2.22. The Bertz CT molecular complexity index is 808. The maximum Gasteiger partial charge on any atom is 0.230 e. The fourth-order valence-corrected chi connectivity index (χ4v) is 3.96. The molecule has 0 bridgehead atoms. The first-order chi connectivity index (χ1) is 12.9. The van der Waals surface area contributed by atoms with Crippen LogP contribution >= 0.6 is 11.8 Å². The molecular weight excluding hydrogens is 365 g/mol. The van der Waals surface area contributed by atoms with Crippen LogP contribution < -0.4 is 14.8 Å². The average molecular weight is 389 g/mol. The summed E-state index contributed by atoms with van der Waals surface area (Å²) in [7, 11) is 1.62. The van der Waals surface area contributed by atoms with E-state index in [9.17, 15) is 9.18 Å². The van der Waals surface area contributed by atoms with E-state index >= 15 is 0 Å². The number of benzene rings is 2. The number of nitrogens with one attached hydrogen (secondary N) is 1. The maximum absolute atomic E-state index is 12.9. The molecule has 144 valence electrons.